The smallest absolute Gasteiger partial charge is 0.283 e. The summed E-state index contributed by atoms with van der Waals surface area (Å²) in [5.74, 6) is 0. The second-order valence-corrected chi connectivity index (χ2v) is 10.6. The van der Waals surface area contributed by atoms with Gasteiger partial charge in [0.2, 0.25) is 4.80 Å². The maximum absolute atomic E-state index is 13.7. The largest absolute Gasteiger partial charge is 0.297 e. The van der Waals surface area contributed by atoms with E-state index in [1.165, 1.54) is 23.5 Å². The molecule has 6 rings (SSSR count). The molecule has 0 bridgehead atoms. The van der Waals surface area contributed by atoms with Crippen molar-refractivity contribution in [2.75, 3.05) is 0 Å². The summed E-state index contributed by atoms with van der Waals surface area (Å²) in [6.07, 6.45) is 0. The zero-order valence-electron chi connectivity index (χ0n) is 23.1. The Bertz CT molecular complexity index is 2110. The maximum Gasteiger partial charge on any atom is 0.297 e. The SMILES string of the molecule is CC(=Nn1c(-c2cccc3ccccc23)csc1=Nc1c(C)n(C)n(-c2ccccc2)c1=O)c1ccc([N+](=O)[O-])cc1. The Morgan fingerprint density at radius 3 is 2.33 bits per heavy atom. The van der Waals surface area contributed by atoms with E-state index in [0.29, 0.717) is 21.9 Å². The van der Waals surface area contributed by atoms with Crippen LogP contribution in [0.3, 0.4) is 0 Å². The van der Waals surface area contributed by atoms with E-state index in [2.05, 4.69) is 18.2 Å². The highest BCUT2D eigenvalue weighted by molar-refractivity contribution is 7.07. The first-order valence-electron chi connectivity index (χ1n) is 13.2. The van der Waals surface area contributed by atoms with Crippen LogP contribution in [0.15, 0.2) is 117 Å². The Morgan fingerprint density at radius 1 is 0.905 bits per heavy atom. The Morgan fingerprint density at radius 2 is 1.60 bits per heavy atom. The topological polar surface area (TPSA) is 99.7 Å². The first kappa shape index (κ1) is 26.9. The monoisotopic (exact) mass is 574 g/mol. The Labute approximate surface area is 244 Å². The fourth-order valence-electron chi connectivity index (χ4n) is 4.92. The highest BCUT2D eigenvalue weighted by Gasteiger charge is 2.18. The number of fused-ring (bicyclic) bond motifs is 1. The Kier molecular flexibility index (Phi) is 6.97. The van der Waals surface area contributed by atoms with Crippen molar-refractivity contribution in [3.8, 4) is 16.9 Å². The lowest BCUT2D eigenvalue weighted by Crippen LogP contribution is -2.20. The molecule has 0 saturated carbocycles. The number of hydrogen-bond acceptors (Lipinski definition) is 6. The van der Waals surface area contributed by atoms with E-state index in [-0.39, 0.29) is 11.2 Å². The highest BCUT2D eigenvalue weighted by Crippen LogP contribution is 2.29. The second-order valence-electron chi connectivity index (χ2n) is 9.75. The van der Waals surface area contributed by atoms with Gasteiger partial charge in [-0.1, -0.05) is 60.7 Å². The van der Waals surface area contributed by atoms with Gasteiger partial charge in [-0.05, 0) is 54.4 Å². The van der Waals surface area contributed by atoms with Crippen molar-refractivity contribution in [1.82, 2.24) is 14.0 Å². The Balaban J connectivity index is 1.58. The zero-order chi connectivity index (χ0) is 29.4. The predicted molar refractivity (Wildman–Crippen MR) is 167 cm³/mol. The number of hydrogen-bond donors (Lipinski definition) is 0. The van der Waals surface area contributed by atoms with E-state index in [4.69, 9.17) is 10.1 Å². The summed E-state index contributed by atoms with van der Waals surface area (Å²) in [5.41, 5.74) is 4.72. The molecule has 0 spiro atoms. The molecule has 0 amide bonds. The van der Waals surface area contributed by atoms with Crippen LogP contribution in [0.5, 0.6) is 0 Å². The van der Waals surface area contributed by atoms with Gasteiger partial charge in [-0.25, -0.2) is 14.4 Å². The number of nitro benzene ring substituents is 1. The standard InChI is InChI=1S/C32H26N6O3S/c1-21(23-16-18-26(19-17-23)38(40)41)34-36-29(28-15-9-11-24-10-7-8-14-27(24)28)20-42-32(36)33-30-22(2)35(3)37(31(30)39)25-12-5-4-6-13-25/h4-20H,1-3H3. The molecule has 0 aliphatic rings. The molecule has 208 valence electrons. The molecule has 42 heavy (non-hydrogen) atoms. The molecular weight excluding hydrogens is 548 g/mol. The van der Waals surface area contributed by atoms with Crippen LogP contribution in [0.1, 0.15) is 18.2 Å². The minimum Gasteiger partial charge on any atom is -0.283 e. The molecule has 10 heteroatoms. The summed E-state index contributed by atoms with van der Waals surface area (Å²) in [6, 6.07) is 30.0. The van der Waals surface area contributed by atoms with Crippen molar-refractivity contribution in [2.24, 2.45) is 17.1 Å². The fourth-order valence-corrected chi connectivity index (χ4v) is 5.75. The van der Waals surface area contributed by atoms with Crippen molar-refractivity contribution in [2.45, 2.75) is 13.8 Å². The zero-order valence-corrected chi connectivity index (χ0v) is 23.9. The van der Waals surface area contributed by atoms with Crippen LogP contribution in [0.25, 0.3) is 27.7 Å². The number of nitro groups is 1. The van der Waals surface area contributed by atoms with Gasteiger partial charge in [-0.2, -0.15) is 5.10 Å². The van der Waals surface area contributed by atoms with E-state index in [1.807, 2.05) is 80.9 Å². The molecule has 4 aromatic carbocycles. The second kappa shape index (κ2) is 10.9. The number of para-hydroxylation sites is 1. The molecule has 9 nitrogen and oxygen atoms in total. The average molecular weight is 575 g/mol. The van der Waals surface area contributed by atoms with E-state index in [0.717, 1.165) is 33.3 Å². The van der Waals surface area contributed by atoms with Gasteiger partial charge in [0.1, 0.15) is 0 Å². The normalized spacial score (nSPS) is 12.3. The van der Waals surface area contributed by atoms with Gasteiger partial charge >= 0.3 is 0 Å². The van der Waals surface area contributed by atoms with E-state index in [1.54, 1.807) is 26.2 Å². The molecule has 0 fully saturated rings. The number of nitrogens with zero attached hydrogens (tertiary/aromatic N) is 6. The lowest BCUT2D eigenvalue weighted by atomic mass is 10.0. The first-order valence-corrected chi connectivity index (χ1v) is 14.1. The molecule has 0 atom stereocenters. The van der Waals surface area contributed by atoms with E-state index >= 15 is 0 Å². The number of rotatable bonds is 6. The van der Waals surface area contributed by atoms with Gasteiger partial charge in [0.15, 0.2) is 5.69 Å². The van der Waals surface area contributed by atoms with Gasteiger partial charge in [0, 0.05) is 30.1 Å². The third kappa shape index (κ3) is 4.77. The summed E-state index contributed by atoms with van der Waals surface area (Å²) < 4.78 is 5.15. The summed E-state index contributed by atoms with van der Waals surface area (Å²) >= 11 is 1.39. The van der Waals surface area contributed by atoms with Gasteiger partial charge in [-0.15, -0.1) is 11.3 Å². The van der Waals surface area contributed by atoms with Crippen LogP contribution in [0.4, 0.5) is 11.4 Å². The van der Waals surface area contributed by atoms with Crippen LogP contribution in [0.2, 0.25) is 0 Å². The van der Waals surface area contributed by atoms with Crippen LogP contribution in [0, 0.1) is 17.0 Å². The van der Waals surface area contributed by atoms with Crippen LogP contribution in [-0.2, 0) is 7.05 Å². The third-order valence-electron chi connectivity index (χ3n) is 7.23. The van der Waals surface area contributed by atoms with Gasteiger partial charge in [0.05, 0.1) is 27.7 Å². The molecule has 0 aliphatic carbocycles. The lowest BCUT2D eigenvalue weighted by molar-refractivity contribution is -0.384. The molecular formula is C32H26N6O3S. The maximum atomic E-state index is 13.7. The minimum atomic E-state index is -0.427. The van der Waals surface area contributed by atoms with Crippen LogP contribution >= 0.6 is 11.3 Å². The molecule has 0 saturated heterocycles. The van der Waals surface area contributed by atoms with Gasteiger partial charge < -0.3 is 0 Å². The summed E-state index contributed by atoms with van der Waals surface area (Å²) in [6.45, 7) is 3.72. The molecule has 2 aromatic heterocycles. The molecule has 0 radical (unpaired) electrons. The molecule has 0 aliphatic heterocycles. The predicted octanol–water partition coefficient (Wildman–Crippen LogP) is 6.58. The van der Waals surface area contributed by atoms with Crippen molar-refractivity contribution >= 4 is 39.2 Å². The van der Waals surface area contributed by atoms with Crippen molar-refractivity contribution in [3.05, 3.63) is 139 Å². The summed E-state index contributed by atoms with van der Waals surface area (Å²) in [7, 11) is 1.84. The van der Waals surface area contributed by atoms with Crippen LogP contribution < -0.4 is 10.4 Å². The van der Waals surface area contributed by atoms with Gasteiger partial charge in [-0.3, -0.25) is 19.6 Å². The number of thiazole rings is 1. The van der Waals surface area contributed by atoms with E-state index in [9.17, 15) is 14.9 Å². The number of aromatic nitrogens is 3. The number of benzene rings is 4. The van der Waals surface area contributed by atoms with Crippen molar-refractivity contribution in [1.29, 1.82) is 0 Å². The van der Waals surface area contributed by atoms with Gasteiger partial charge in [0.25, 0.3) is 11.2 Å². The quantitative estimate of drug-likeness (QED) is 0.128. The summed E-state index contributed by atoms with van der Waals surface area (Å²) in [4.78, 5) is 29.8. The summed E-state index contributed by atoms with van der Waals surface area (Å²) in [5, 5.41) is 20.3. The number of non-ortho nitro benzene ring substituents is 1. The average Bonchev–Trinajstić information content (AvgIpc) is 3.50. The minimum absolute atomic E-state index is 0.0103. The van der Waals surface area contributed by atoms with Crippen molar-refractivity contribution in [3.63, 3.8) is 0 Å². The molecule has 0 unspecified atom stereocenters. The third-order valence-corrected chi connectivity index (χ3v) is 8.04. The lowest BCUT2D eigenvalue weighted by Gasteiger charge is -2.09. The fraction of sp³-hybridized carbons (Fsp3) is 0.0938. The molecule has 6 aromatic rings. The first-order chi connectivity index (χ1) is 20.3. The molecule has 2 heterocycles. The van der Waals surface area contributed by atoms with E-state index < -0.39 is 4.92 Å². The highest BCUT2D eigenvalue weighted by atomic mass is 32.1. The Hall–Kier alpha value is -5.35. The van der Waals surface area contributed by atoms with Crippen molar-refractivity contribution < 1.29 is 4.92 Å². The van der Waals surface area contributed by atoms with Crippen LogP contribution in [-0.4, -0.2) is 24.7 Å². The molecule has 0 N–H and O–H groups in total.